The Kier molecular flexibility index (Phi) is 5.51. The molecule has 0 amide bonds. The first kappa shape index (κ1) is 16.5. The molecule has 0 fully saturated rings. The largest absolute Gasteiger partial charge is 0.491 e. The van der Waals surface area contributed by atoms with Crippen molar-refractivity contribution in [3.05, 3.63) is 54.4 Å². The van der Waals surface area contributed by atoms with Crippen molar-refractivity contribution in [1.82, 2.24) is 10.3 Å². The van der Waals surface area contributed by atoms with Crippen molar-refractivity contribution in [3.63, 3.8) is 0 Å². The second-order valence-electron chi connectivity index (χ2n) is 5.05. The highest BCUT2D eigenvalue weighted by Crippen LogP contribution is 2.16. The Bertz CT molecular complexity index is 685. The molecule has 0 aliphatic rings. The van der Waals surface area contributed by atoms with Gasteiger partial charge in [-0.2, -0.15) is 0 Å². The quantitative estimate of drug-likeness (QED) is 0.792. The van der Waals surface area contributed by atoms with Gasteiger partial charge < -0.3 is 10.1 Å². The lowest BCUT2D eigenvalue weighted by Crippen LogP contribution is -2.24. The summed E-state index contributed by atoms with van der Waals surface area (Å²) in [6.45, 7) is 3.25. The lowest BCUT2D eigenvalue weighted by molar-refractivity contribution is 0.306. The second kappa shape index (κ2) is 7.38. The molecule has 1 N–H and O–H groups in total. The molecule has 0 saturated carbocycles. The number of ether oxygens (including phenoxy) is 1. The molecule has 0 aliphatic heterocycles. The van der Waals surface area contributed by atoms with E-state index in [2.05, 4.69) is 10.3 Å². The standard InChI is InChI=1S/C16H20N2O3S/c1-13(14-5-7-16(8-6-14)22(2,19)20)18-10-11-21-15-4-3-9-17-12-15/h3-9,12-13,18H,10-11H2,1-2H3. The van der Waals surface area contributed by atoms with Crippen LogP contribution < -0.4 is 10.1 Å². The van der Waals surface area contributed by atoms with Crippen molar-refractivity contribution in [2.75, 3.05) is 19.4 Å². The van der Waals surface area contributed by atoms with Crippen molar-refractivity contribution in [1.29, 1.82) is 0 Å². The Balaban J connectivity index is 1.81. The molecule has 0 radical (unpaired) electrons. The van der Waals surface area contributed by atoms with Gasteiger partial charge in [0.1, 0.15) is 12.4 Å². The van der Waals surface area contributed by atoms with E-state index < -0.39 is 9.84 Å². The summed E-state index contributed by atoms with van der Waals surface area (Å²) >= 11 is 0. The van der Waals surface area contributed by atoms with Gasteiger partial charge in [-0.1, -0.05) is 12.1 Å². The summed E-state index contributed by atoms with van der Waals surface area (Å²) in [5.74, 6) is 0.745. The van der Waals surface area contributed by atoms with Crippen molar-refractivity contribution >= 4 is 9.84 Å². The SMILES string of the molecule is CC(NCCOc1cccnc1)c1ccc(S(C)(=O)=O)cc1. The molecule has 1 aromatic carbocycles. The van der Waals surface area contributed by atoms with Crippen LogP contribution in [0, 0.1) is 0 Å². The van der Waals surface area contributed by atoms with E-state index in [0.717, 1.165) is 11.3 Å². The smallest absolute Gasteiger partial charge is 0.175 e. The fraction of sp³-hybridized carbons (Fsp3) is 0.312. The number of sulfone groups is 1. The van der Waals surface area contributed by atoms with E-state index in [4.69, 9.17) is 4.74 Å². The predicted molar refractivity (Wildman–Crippen MR) is 85.7 cm³/mol. The topological polar surface area (TPSA) is 68.3 Å². The van der Waals surface area contributed by atoms with Gasteiger partial charge in [0.05, 0.1) is 11.1 Å². The normalized spacial score (nSPS) is 12.8. The van der Waals surface area contributed by atoms with Crippen LogP contribution in [0.25, 0.3) is 0 Å². The molecule has 118 valence electrons. The van der Waals surface area contributed by atoms with Crippen LogP contribution in [0.4, 0.5) is 0 Å². The molecule has 2 rings (SSSR count). The maximum absolute atomic E-state index is 11.4. The van der Waals surface area contributed by atoms with Gasteiger partial charge in [-0.05, 0) is 36.8 Å². The Labute approximate surface area is 131 Å². The van der Waals surface area contributed by atoms with Crippen LogP contribution in [0.3, 0.4) is 0 Å². The summed E-state index contributed by atoms with van der Waals surface area (Å²) in [5.41, 5.74) is 1.04. The molecule has 0 spiro atoms. The minimum atomic E-state index is -3.14. The number of rotatable bonds is 7. The maximum atomic E-state index is 11.4. The predicted octanol–water partition coefficient (Wildman–Crippen LogP) is 2.21. The van der Waals surface area contributed by atoms with E-state index in [1.165, 1.54) is 6.26 Å². The number of aromatic nitrogens is 1. The number of hydrogen-bond acceptors (Lipinski definition) is 5. The van der Waals surface area contributed by atoms with E-state index in [0.29, 0.717) is 18.0 Å². The number of nitrogens with zero attached hydrogens (tertiary/aromatic N) is 1. The third-order valence-electron chi connectivity index (χ3n) is 3.26. The van der Waals surface area contributed by atoms with Crippen LogP contribution in [0.15, 0.2) is 53.7 Å². The highest BCUT2D eigenvalue weighted by molar-refractivity contribution is 7.90. The number of nitrogens with one attached hydrogen (secondary N) is 1. The first-order chi connectivity index (χ1) is 10.5. The monoisotopic (exact) mass is 320 g/mol. The molecule has 5 nitrogen and oxygen atoms in total. The Morgan fingerprint density at radius 3 is 2.55 bits per heavy atom. The average Bonchev–Trinajstić information content (AvgIpc) is 2.52. The summed E-state index contributed by atoms with van der Waals surface area (Å²) in [5, 5.41) is 3.33. The Morgan fingerprint density at radius 2 is 1.95 bits per heavy atom. The summed E-state index contributed by atoms with van der Waals surface area (Å²) < 4.78 is 28.4. The highest BCUT2D eigenvalue weighted by atomic mass is 32.2. The molecule has 0 saturated heterocycles. The van der Waals surface area contributed by atoms with Crippen LogP contribution in [-0.2, 0) is 9.84 Å². The molecule has 0 bridgehead atoms. The third-order valence-corrected chi connectivity index (χ3v) is 4.39. The van der Waals surface area contributed by atoms with Crippen LogP contribution in [0.5, 0.6) is 5.75 Å². The van der Waals surface area contributed by atoms with Gasteiger partial charge in [0.15, 0.2) is 9.84 Å². The van der Waals surface area contributed by atoms with Crippen LogP contribution in [0.2, 0.25) is 0 Å². The van der Waals surface area contributed by atoms with E-state index in [1.807, 2.05) is 31.2 Å². The fourth-order valence-electron chi connectivity index (χ4n) is 2.00. The van der Waals surface area contributed by atoms with E-state index >= 15 is 0 Å². The van der Waals surface area contributed by atoms with Gasteiger partial charge in [-0.3, -0.25) is 4.98 Å². The lowest BCUT2D eigenvalue weighted by Gasteiger charge is -2.15. The van der Waals surface area contributed by atoms with Gasteiger partial charge in [0, 0.05) is 25.0 Å². The van der Waals surface area contributed by atoms with Crippen molar-refractivity contribution < 1.29 is 13.2 Å². The zero-order chi connectivity index (χ0) is 16.0. The summed E-state index contributed by atoms with van der Waals surface area (Å²) in [4.78, 5) is 4.32. The molecule has 1 atom stereocenters. The zero-order valence-corrected chi connectivity index (χ0v) is 13.5. The molecule has 2 aromatic rings. The molecule has 22 heavy (non-hydrogen) atoms. The Hall–Kier alpha value is -1.92. The second-order valence-corrected chi connectivity index (χ2v) is 7.07. The van der Waals surface area contributed by atoms with E-state index in [9.17, 15) is 8.42 Å². The summed E-state index contributed by atoms with van der Waals surface area (Å²) in [6.07, 6.45) is 4.58. The van der Waals surface area contributed by atoms with Gasteiger partial charge in [0.2, 0.25) is 0 Å². The minimum Gasteiger partial charge on any atom is -0.491 e. The molecule has 1 heterocycles. The third kappa shape index (κ3) is 4.82. The van der Waals surface area contributed by atoms with E-state index in [-0.39, 0.29) is 6.04 Å². The first-order valence-electron chi connectivity index (χ1n) is 7.03. The molecule has 1 aromatic heterocycles. The zero-order valence-electron chi connectivity index (χ0n) is 12.7. The maximum Gasteiger partial charge on any atom is 0.175 e. The van der Waals surface area contributed by atoms with Gasteiger partial charge in [-0.25, -0.2) is 8.42 Å². The van der Waals surface area contributed by atoms with E-state index in [1.54, 1.807) is 24.5 Å². The lowest BCUT2D eigenvalue weighted by atomic mass is 10.1. The average molecular weight is 320 g/mol. The van der Waals surface area contributed by atoms with Gasteiger partial charge >= 0.3 is 0 Å². The van der Waals surface area contributed by atoms with Crippen molar-refractivity contribution in [2.45, 2.75) is 17.9 Å². The van der Waals surface area contributed by atoms with Crippen LogP contribution >= 0.6 is 0 Å². The van der Waals surface area contributed by atoms with Crippen LogP contribution in [-0.4, -0.2) is 32.8 Å². The Morgan fingerprint density at radius 1 is 1.23 bits per heavy atom. The van der Waals surface area contributed by atoms with Crippen molar-refractivity contribution in [2.24, 2.45) is 0 Å². The minimum absolute atomic E-state index is 0.117. The number of pyridine rings is 1. The molecule has 6 heteroatoms. The number of hydrogen-bond donors (Lipinski definition) is 1. The molecular formula is C16H20N2O3S. The van der Waals surface area contributed by atoms with Crippen molar-refractivity contribution in [3.8, 4) is 5.75 Å². The first-order valence-corrected chi connectivity index (χ1v) is 8.92. The summed E-state index contributed by atoms with van der Waals surface area (Å²) in [6, 6.07) is 10.7. The summed E-state index contributed by atoms with van der Waals surface area (Å²) in [7, 11) is -3.14. The molecular weight excluding hydrogens is 300 g/mol. The van der Waals surface area contributed by atoms with Gasteiger partial charge in [-0.15, -0.1) is 0 Å². The molecule has 1 unspecified atom stereocenters. The number of benzene rings is 1. The molecule has 0 aliphatic carbocycles. The van der Waals surface area contributed by atoms with Crippen LogP contribution in [0.1, 0.15) is 18.5 Å². The van der Waals surface area contributed by atoms with Gasteiger partial charge in [0.25, 0.3) is 0 Å². The fourth-order valence-corrected chi connectivity index (χ4v) is 2.63. The highest BCUT2D eigenvalue weighted by Gasteiger charge is 2.09.